The molecule has 0 N–H and O–H groups in total. The van der Waals surface area contributed by atoms with Crippen LogP contribution in [0.5, 0.6) is 11.5 Å². The number of methoxy groups -OCH3 is 1. The first kappa shape index (κ1) is 32.2. The van der Waals surface area contributed by atoms with Crippen molar-refractivity contribution in [3.8, 4) is 11.5 Å². The molecule has 5 atom stereocenters. The Hall–Kier alpha value is -4.33. The van der Waals surface area contributed by atoms with E-state index in [4.69, 9.17) is 42.6 Å². The summed E-state index contributed by atoms with van der Waals surface area (Å²) in [5.74, 6) is -1.49. The molecule has 1 aromatic rings. The molecule has 0 aliphatic carbocycles. The lowest BCUT2D eigenvalue weighted by atomic mass is 9.96. The molecule has 0 saturated carbocycles. The van der Waals surface area contributed by atoms with Gasteiger partial charge in [0.25, 0.3) is 0 Å². The van der Waals surface area contributed by atoms with Crippen molar-refractivity contribution in [1.82, 2.24) is 0 Å². The van der Waals surface area contributed by atoms with Gasteiger partial charge in [-0.3, -0.25) is 4.79 Å². The van der Waals surface area contributed by atoms with E-state index in [1.165, 1.54) is 25.3 Å². The number of ketones is 1. The first-order chi connectivity index (χ1) is 20.1. The van der Waals surface area contributed by atoms with E-state index >= 15 is 0 Å². The Kier molecular flexibility index (Phi) is 11.5. The van der Waals surface area contributed by atoms with Crippen LogP contribution in [-0.2, 0) is 38.0 Å². The lowest BCUT2D eigenvalue weighted by Gasteiger charge is -2.24. The minimum absolute atomic E-state index is 0.0121. The van der Waals surface area contributed by atoms with E-state index < -0.39 is 60.7 Å². The number of hydrogen-bond donors (Lipinski definition) is 0. The van der Waals surface area contributed by atoms with Crippen molar-refractivity contribution in [3.63, 3.8) is 0 Å². The monoisotopic (exact) mass is 594 g/mol. The molecule has 0 radical (unpaired) electrons. The van der Waals surface area contributed by atoms with Crippen LogP contribution in [0.25, 0.3) is 0 Å². The van der Waals surface area contributed by atoms with E-state index in [9.17, 15) is 24.0 Å². The highest BCUT2D eigenvalue weighted by atomic mass is 16.8. The summed E-state index contributed by atoms with van der Waals surface area (Å²) >= 11 is 0. The molecule has 2 heterocycles. The Morgan fingerprint density at radius 2 is 1.57 bits per heavy atom. The topological polar surface area (TPSA) is 172 Å². The zero-order chi connectivity index (χ0) is 30.8. The van der Waals surface area contributed by atoms with Crippen LogP contribution in [0, 0.1) is 0 Å². The zero-order valence-corrected chi connectivity index (χ0v) is 23.9. The van der Waals surface area contributed by atoms with E-state index in [0.717, 1.165) is 6.08 Å². The molecule has 2 aliphatic rings. The summed E-state index contributed by atoms with van der Waals surface area (Å²) in [5.41, 5.74) is 0.134. The largest absolute Gasteiger partial charge is 0.513 e. The molecule has 14 heteroatoms. The average molecular weight is 595 g/mol. The van der Waals surface area contributed by atoms with E-state index in [0.29, 0.717) is 0 Å². The third-order valence-corrected chi connectivity index (χ3v) is 6.03. The predicted molar refractivity (Wildman–Crippen MR) is 140 cm³/mol. The van der Waals surface area contributed by atoms with E-state index in [1.54, 1.807) is 27.7 Å². The van der Waals surface area contributed by atoms with E-state index in [-0.39, 0.29) is 55.3 Å². The summed E-state index contributed by atoms with van der Waals surface area (Å²) in [6.07, 6.45) is -6.15. The Balaban J connectivity index is 2.08. The summed E-state index contributed by atoms with van der Waals surface area (Å²) in [4.78, 5) is 63.3. The molecule has 0 unspecified atom stereocenters. The second-order valence-electron chi connectivity index (χ2n) is 9.02. The van der Waals surface area contributed by atoms with Gasteiger partial charge in [-0.1, -0.05) is 6.08 Å². The van der Waals surface area contributed by atoms with Gasteiger partial charge in [0.2, 0.25) is 6.10 Å². The molecule has 1 saturated heterocycles. The van der Waals surface area contributed by atoms with Crippen LogP contribution in [0.2, 0.25) is 0 Å². The molecule has 42 heavy (non-hydrogen) atoms. The molecule has 0 aromatic heterocycles. The number of hydrogen-bond acceptors (Lipinski definition) is 14. The van der Waals surface area contributed by atoms with Crippen molar-refractivity contribution in [1.29, 1.82) is 0 Å². The van der Waals surface area contributed by atoms with Crippen LogP contribution in [-0.4, -0.2) is 81.6 Å². The van der Waals surface area contributed by atoms with Gasteiger partial charge in [-0.25, -0.2) is 19.2 Å². The zero-order valence-electron chi connectivity index (χ0n) is 23.9. The molecular weight excluding hydrogens is 560 g/mol. The maximum atomic E-state index is 13.4. The molecule has 0 spiro atoms. The predicted octanol–water partition coefficient (Wildman–Crippen LogP) is 4.22. The summed E-state index contributed by atoms with van der Waals surface area (Å²) in [6.45, 7) is 6.29. The van der Waals surface area contributed by atoms with Gasteiger partial charge in [-0.15, -0.1) is 0 Å². The third kappa shape index (κ3) is 8.59. The second-order valence-corrected chi connectivity index (χ2v) is 9.02. The lowest BCUT2D eigenvalue weighted by Crippen LogP contribution is -2.41. The highest BCUT2D eigenvalue weighted by molar-refractivity contribution is 5.96. The molecule has 3 rings (SSSR count). The number of cyclic esters (lactones) is 1. The van der Waals surface area contributed by atoms with Crippen LogP contribution in [0.3, 0.4) is 0 Å². The van der Waals surface area contributed by atoms with Crippen molar-refractivity contribution in [3.05, 3.63) is 35.4 Å². The first-order valence-electron chi connectivity index (χ1n) is 13.4. The maximum absolute atomic E-state index is 13.4. The molecular formula is C28H34O14. The fourth-order valence-electron chi connectivity index (χ4n) is 4.16. The summed E-state index contributed by atoms with van der Waals surface area (Å²) in [7, 11) is 1.38. The van der Waals surface area contributed by atoms with Gasteiger partial charge in [0.05, 0.1) is 33.0 Å². The Morgan fingerprint density at radius 3 is 2.21 bits per heavy atom. The molecule has 1 fully saturated rings. The SMILES string of the molecule is CCOC(=O)Oc1cc(OC)cc2c1C(=O)O[C@@H](C)C/C=C\C(=O)[C@@H](OC(=O)OCC)[C@@H](OC(=O)OCC)C[C@H]1O[C@H]21. The first-order valence-corrected chi connectivity index (χ1v) is 13.4. The molecule has 0 amide bonds. The molecule has 230 valence electrons. The van der Waals surface area contributed by atoms with Crippen molar-refractivity contribution >= 4 is 30.2 Å². The molecule has 2 aliphatic heterocycles. The Morgan fingerprint density at radius 1 is 0.929 bits per heavy atom. The lowest BCUT2D eigenvalue weighted by molar-refractivity contribution is -0.132. The maximum Gasteiger partial charge on any atom is 0.513 e. The smallest absolute Gasteiger partial charge is 0.497 e. The van der Waals surface area contributed by atoms with Crippen molar-refractivity contribution in [2.45, 2.75) is 71.1 Å². The highest BCUT2D eigenvalue weighted by Gasteiger charge is 2.48. The minimum Gasteiger partial charge on any atom is -0.497 e. The van der Waals surface area contributed by atoms with Crippen LogP contribution in [0.4, 0.5) is 14.4 Å². The number of benzene rings is 1. The summed E-state index contributed by atoms with van der Waals surface area (Å²) in [6, 6.07) is 2.84. The van der Waals surface area contributed by atoms with Crippen LogP contribution in [0.15, 0.2) is 24.3 Å². The van der Waals surface area contributed by atoms with Gasteiger partial charge in [0.1, 0.15) is 23.5 Å². The quantitative estimate of drug-likeness (QED) is 0.190. The number of fused-ring (bicyclic) bond motifs is 3. The highest BCUT2D eigenvalue weighted by Crippen LogP contribution is 2.47. The third-order valence-electron chi connectivity index (χ3n) is 6.03. The van der Waals surface area contributed by atoms with E-state index in [1.807, 2.05) is 0 Å². The number of carbonyl (C=O) groups is 5. The number of carbonyl (C=O) groups excluding carboxylic acids is 5. The van der Waals surface area contributed by atoms with E-state index in [2.05, 4.69) is 0 Å². The Labute approximate surface area is 242 Å². The number of esters is 1. The van der Waals surface area contributed by atoms with Crippen LogP contribution < -0.4 is 9.47 Å². The van der Waals surface area contributed by atoms with Crippen molar-refractivity contribution in [2.24, 2.45) is 0 Å². The van der Waals surface area contributed by atoms with Gasteiger partial charge >= 0.3 is 24.4 Å². The van der Waals surface area contributed by atoms with Gasteiger partial charge in [-0.05, 0) is 39.8 Å². The molecule has 0 bridgehead atoms. The second kappa shape index (κ2) is 15.1. The van der Waals surface area contributed by atoms with Gasteiger partial charge < -0.3 is 42.6 Å². The van der Waals surface area contributed by atoms with Gasteiger partial charge in [0, 0.05) is 24.5 Å². The standard InChI is InChI=1S/C28H34O14/c1-6-35-26(31)40-19-13-16(34-5)12-17-22(19)25(30)38-15(4)10-9-11-18(29)24(42-28(33)37-8-3)21(14-20-23(17)39-20)41-27(32)36-7-2/h9,11-13,15,20-21,23-24H,6-8,10,14H2,1-5H3/b11-9-/t15-,20+,21-,23+,24+/m0/s1. The average Bonchev–Trinajstić information content (AvgIpc) is 3.69. The fourth-order valence-corrected chi connectivity index (χ4v) is 4.16. The number of rotatable bonds is 7. The summed E-state index contributed by atoms with van der Waals surface area (Å²) in [5, 5.41) is 0. The number of ether oxygens (including phenoxy) is 9. The minimum atomic E-state index is -1.61. The van der Waals surface area contributed by atoms with Crippen molar-refractivity contribution in [2.75, 3.05) is 26.9 Å². The van der Waals surface area contributed by atoms with Gasteiger partial charge in [-0.2, -0.15) is 0 Å². The van der Waals surface area contributed by atoms with Gasteiger partial charge in [0.15, 0.2) is 17.6 Å². The summed E-state index contributed by atoms with van der Waals surface area (Å²) < 4.78 is 47.4. The number of epoxide rings is 1. The van der Waals surface area contributed by atoms with Crippen LogP contribution in [0.1, 0.15) is 62.6 Å². The molecule has 1 aromatic carbocycles. The Bertz CT molecular complexity index is 1190. The molecule has 14 nitrogen and oxygen atoms in total. The van der Waals surface area contributed by atoms with Crippen LogP contribution >= 0.6 is 0 Å². The normalized spacial score (nSPS) is 24.4. The fraction of sp³-hybridized carbons (Fsp3) is 0.536. The van der Waals surface area contributed by atoms with Crippen molar-refractivity contribution < 1.29 is 66.6 Å².